The van der Waals surface area contributed by atoms with Gasteiger partial charge in [0.25, 0.3) is 0 Å². The lowest BCUT2D eigenvalue weighted by Crippen LogP contribution is -2.20. The molecule has 1 rings (SSSR count). The fourth-order valence-electron chi connectivity index (χ4n) is 0.533. The zero-order chi connectivity index (χ0) is 5.11. The summed E-state index contributed by atoms with van der Waals surface area (Å²) >= 11 is 1.66. The van der Waals surface area contributed by atoms with Gasteiger partial charge in [0.2, 0.25) is 0 Å². The van der Waals surface area contributed by atoms with Crippen molar-refractivity contribution in [1.29, 1.82) is 0 Å². The third-order valence-electron chi connectivity index (χ3n) is 0.869. The first-order valence-corrected chi connectivity index (χ1v) is 3.28. The maximum Gasteiger partial charge on any atom is 0.147 e. The summed E-state index contributed by atoms with van der Waals surface area (Å²) in [5, 5.41) is 3.08. The predicted molar refractivity (Wildman–Crippen MR) is 30.3 cm³/mol. The third-order valence-corrected chi connectivity index (χ3v) is 1.95. The Hall–Kier alpha value is -0.0200. The summed E-state index contributed by atoms with van der Waals surface area (Å²) in [4.78, 5) is 9.92. The van der Waals surface area contributed by atoms with Crippen molar-refractivity contribution in [2.75, 3.05) is 12.3 Å². The van der Waals surface area contributed by atoms with Gasteiger partial charge in [0, 0.05) is 12.3 Å². The van der Waals surface area contributed by atoms with Gasteiger partial charge in [-0.3, -0.25) is 5.32 Å². The van der Waals surface area contributed by atoms with E-state index in [0.717, 1.165) is 18.6 Å². The maximum atomic E-state index is 9.92. The van der Waals surface area contributed by atoms with Crippen molar-refractivity contribution in [3.63, 3.8) is 0 Å². The van der Waals surface area contributed by atoms with Crippen LogP contribution in [0.25, 0.3) is 0 Å². The summed E-state index contributed by atoms with van der Waals surface area (Å²) in [5.74, 6) is 1.07. The van der Waals surface area contributed by atoms with E-state index < -0.39 is 0 Å². The van der Waals surface area contributed by atoms with E-state index in [4.69, 9.17) is 0 Å². The predicted octanol–water partition coefficient (Wildman–Crippen LogP) is -0.152. The molecule has 1 heterocycles. The molecule has 1 aliphatic rings. The molecule has 40 valence electrons. The van der Waals surface area contributed by atoms with Crippen molar-refractivity contribution in [2.24, 2.45) is 0 Å². The first kappa shape index (κ1) is 5.12. The molecule has 0 amide bonds. The first-order chi connectivity index (χ1) is 3.43. The van der Waals surface area contributed by atoms with Gasteiger partial charge in [0.15, 0.2) is 0 Å². The Kier molecular flexibility index (Phi) is 1.70. The molecule has 1 aliphatic heterocycles. The topological polar surface area (TPSA) is 29.1 Å². The molecule has 0 saturated carbocycles. The third kappa shape index (κ3) is 1.17. The molecule has 1 fully saturated rings. The Labute approximate surface area is 46.7 Å². The second-order valence-electron chi connectivity index (χ2n) is 1.38. The average molecular weight is 117 g/mol. The SMILES string of the molecule is O=CC1NCCS1. The summed E-state index contributed by atoms with van der Waals surface area (Å²) in [5.41, 5.74) is 0. The van der Waals surface area contributed by atoms with Crippen molar-refractivity contribution in [2.45, 2.75) is 5.37 Å². The Bertz CT molecular complexity index is 70.1. The molecule has 0 aliphatic carbocycles. The van der Waals surface area contributed by atoms with Gasteiger partial charge in [-0.25, -0.2) is 0 Å². The van der Waals surface area contributed by atoms with Crippen LogP contribution in [0.15, 0.2) is 0 Å². The molecule has 0 aromatic rings. The maximum absolute atomic E-state index is 9.92. The minimum Gasteiger partial charge on any atom is -0.301 e. The highest BCUT2D eigenvalue weighted by Crippen LogP contribution is 2.09. The summed E-state index contributed by atoms with van der Waals surface area (Å²) in [6.07, 6.45) is 0.942. The lowest BCUT2D eigenvalue weighted by atomic mass is 10.6. The largest absolute Gasteiger partial charge is 0.301 e. The summed E-state index contributed by atoms with van der Waals surface area (Å²) in [7, 11) is 0. The standard InChI is InChI=1S/C4H7NOS/c6-3-4-5-1-2-7-4/h3-5H,1-2H2. The number of carbonyl (C=O) groups excluding carboxylic acids is 1. The molecule has 1 saturated heterocycles. The van der Waals surface area contributed by atoms with Gasteiger partial charge in [-0.1, -0.05) is 0 Å². The van der Waals surface area contributed by atoms with E-state index in [1.165, 1.54) is 0 Å². The Morgan fingerprint density at radius 1 is 1.86 bits per heavy atom. The summed E-state index contributed by atoms with van der Waals surface area (Å²) < 4.78 is 0. The van der Waals surface area contributed by atoms with Crippen LogP contribution >= 0.6 is 11.8 Å². The van der Waals surface area contributed by atoms with Crippen LogP contribution in [0.4, 0.5) is 0 Å². The lowest BCUT2D eigenvalue weighted by Gasteiger charge is -1.93. The van der Waals surface area contributed by atoms with Gasteiger partial charge < -0.3 is 4.79 Å². The van der Waals surface area contributed by atoms with Crippen LogP contribution in [0.2, 0.25) is 0 Å². The van der Waals surface area contributed by atoms with E-state index in [9.17, 15) is 4.79 Å². The molecular formula is C4H7NOS. The first-order valence-electron chi connectivity index (χ1n) is 2.24. The highest BCUT2D eigenvalue weighted by Gasteiger charge is 2.11. The van der Waals surface area contributed by atoms with E-state index in [1.807, 2.05) is 0 Å². The van der Waals surface area contributed by atoms with Crippen LogP contribution in [-0.4, -0.2) is 24.0 Å². The highest BCUT2D eigenvalue weighted by molar-refractivity contribution is 8.00. The van der Waals surface area contributed by atoms with E-state index in [-0.39, 0.29) is 5.37 Å². The fraction of sp³-hybridized carbons (Fsp3) is 0.750. The van der Waals surface area contributed by atoms with E-state index in [1.54, 1.807) is 11.8 Å². The monoisotopic (exact) mass is 117 g/mol. The smallest absolute Gasteiger partial charge is 0.147 e. The quantitative estimate of drug-likeness (QED) is 0.484. The molecule has 3 heteroatoms. The molecule has 1 unspecified atom stereocenters. The van der Waals surface area contributed by atoms with Gasteiger partial charge in [-0.05, 0) is 0 Å². The van der Waals surface area contributed by atoms with Crippen LogP contribution < -0.4 is 5.32 Å². The number of thioether (sulfide) groups is 1. The lowest BCUT2D eigenvalue weighted by molar-refractivity contribution is -0.107. The van der Waals surface area contributed by atoms with Crippen LogP contribution in [-0.2, 0) is 4.79 Å². The Morgan fingerprint density at radius 3 is 3.00 bits per heavy atom. The van der Waals surface area contributed by atoms with Crippen LogP contribution in [0.1, 0.15) is 0 Å². The van der Waals surface area contributed by atoms with E-state index in [0.29, 0.717) is 0 Å². The second kappa shape index (κ2) is 2.33. The van der Waals surface area contributed by atoms with Crippen LogP contribution in [0, 0.1) is 0 Å². The van der Waals surface area contributed by atoms with Crippen molar-refractivity contribution < 1.29 is 4.79 Å². The molecule has 0 aromatic heterocycles. The number of rotatable bonds is 1. The summed E-state index contributed by atoms with van der Waals surface area (Å²) in [6.45, 7) is 0.980. The number of carbonyl (C=O) groups is 1. The number of nitrogens with one attached hydrogen (secondary N) is 1. The van der Waals surface area contributed by atoms with Gasteiger partial charge in [-0.15, -0.1) is 11.8 Å². The van der Waals surface area contributed by atoms with E-state index >= 15 is 0 Å². The molecule has 0 aromatic carbocycles. The fourth-order valence-corrected chi connectivity index (χ4v) is 1.34. The number of aldehydes is 1. The van der Waals surface area contributed by atoms with Crippen LogP contribution in [0.3, 0.4) is 0 Å². The normalized spacial score (nSPS) is 30.6. The van der Waals surface area contributed by atoms with E-state index in [2.05, 4.69) is 5.32 Å². The zero-order valence-corrected chi connectivity index (χ0v) is 4.70. The van der Waals surface area contributed by atoms with Gasteiger partial charge in [0.1, 0.15) is 11.7 Å². The Morgan fingerprint density at radius 2 is 2.71 bits per heavy atom. The molecule has 7 heavy (non-hydrogen) atoms. The van der Waals surface area contributed by atoms with Crippen molar-refractivity contribution in [1.82, 2.24) is 5.32 Å². The molecule has 0 bridgehead atoms. The minimum absolute atomic E-state index is 0.0833. The van der Waals surface area contributed by atoms with Crippen molar-refractivity contribution in [3.8, 4) is 0 Å². The summed E-state index contributed by atoms with van der Waals surface area (Å²) in [6, 6.07) is 0. The van der Waals surface area contributed by atoms with Crippen LogP contribution in [0.5, 0.6) is 0 Å². The van der Waals surface area contributed by atoms with Crippen molar-refractivity contribution >= 4 is 18.0 Å². The molecule has 0 spiro atoms. The second-order valence-corrected chi connectivity index (χ2v) is 2.63. The number of hydrogen-bond donors (Lipinski definition) is 1. The van der Waals surface area contributed by atoms with Gasteiger partial charge in [0.05, 0.1) is 0 Å². The number of hydrogen-bond acceptors (Lipinski definition) is 3. The molecular weight excluding hydrogens is 110 g/mol. The molecule has 1 N–H and O–H groups in total. The van der Waals surface area contributed by atoms with Gasteiger partial charge in [-0.2, -0.15) is 0 Å². The highest BCUT2D eigenvalue weighted by atomic mass is 32.2. The molecule has 2 nitrogen and oxygen atoms in total. The Balaban J connectivity index is 2.26. The van der Waals surface area contributed by atoms with Crippen molar-refractivity contribution in [3.05, 3.63) is 0 Å². The zero-order valence-electron chi connectivity index (χ0n) is 3.89. The average Bonchev–Trinajstić information content (AvgIpc) is 2.14. The minimum atomic E-state index is 0.0833. The molecule has 0 radical (unpaired) electrons. The molecule has 1 atom stereocenters. The van der Waals surface area contributed by atoms with Gasteiger partial charge >= 0.3 is 0 Å².